The van der Waals surface area contributed by atoms with Crippen molar-refractivity contribution in [1.29, 1.82) is 0 Å². The van der Waals surface area contributed by atoms with E-state index in [0.717, 1.165) is 57.8 Å². The standard InChI is InChI=1S/C23H44O5/c1-5-9-12-20(7-3)22(24)14-11-15-26-16-17-27-18-19-28-23(25)21(8-4)13-10-6-2/h20-21H,5-19H2,1-4H3/t20-,21-/m1/s1. The quantitative estimate of drug-likeness (QED) is 0.204. The predicted molar refractivity (Wildman–Crippen MR) is 113 cm³/mol. The van der Waals surface area contributed by atoms with E-state index >= 15 is 0 Å². The first kappa shape index (κ1) is 27.1. The average molecular weight is 401 g/mol. The van der Waals surface area contributed by atoms with Crippen molar-refractivity contribution in [3.8, 4) is 0 Å². The molecule has 166 valence electrons. The summed E-state index contributed by atoms with van der Waals surface area (Å²) in [6, 6.07) is 0. The Balaban J connectivity index is 3.57. The number of rotatable bonds is 20. The molecule has 0 saturated heterocycles. The van der Waals surface area contributed by atoms with E-state index in [2.05, 4.69) is 20.8 Å². The normalized spacial score (nSPS) is 13.3. The Labute approximate surface area is 172 Å². The molecule has 5 heteroatoms. The number of Topliss-reactive ketones (excluding diaryl/α,β-unsaturated/α-hetero) is 1. The molecule has 0 aliphatic heterocycles. The molecule has 0 aliphatic carbocycles. The molecule has 0 aromatic carbocycles. The molecular formula is C23H44O5. The molecule has 0 radical (unpaired) electrons. The summed E-state index contributed by atoms with van der Waals surface area (Å²) in [7, 11) is 0. The van der Waals surface area contributed by atoms with Gasteiger partial charge < -0.3 is 14.2 Å². The molecule has 0 heterocycles. The lowest BCUT2D eigenvalue weighted by molar-refractivity contribution is -0.150. The topological polar surface area (TPSA) is 61.8 Å². The number of unbranched alkanes of at least 4 members (excludes halogenated alkanes) is 2. The number of esters is 1. The number of carbonyl (C=O) groups excluding carboxylic acids is 2. The second kappa shape index (κ2) is 19.4. The lowest BCUT2D eigenvalue weighted by Crippen LogP contribution is -2.20. The highest BCUT2D eigenvalue weighted by molar-refractivity contribution is 5.80. The minimum Gasteiger partial charge on any atom is -0.463 e. The third kappa shape index (κ3) is 14.1. The monoisotopic (exact) mass is 400 g/mol. The molecule has 0 saturated carbocycles. The van der Waals surface area contributed by atoms with Gasteiger partial charge in [-0.1, -0.05) is 53.4 Å². The zero-order chi connectivity index (χ0) is 21.0. The van der Waals surface area contributed by atoms with E-state index in [0.29, 0.717) is 45.2 Å². The molecule has 0 fully saturated rings. The van der Waals surface area contributed by atoms with Gasteiger partial charge in [-0.05, 0) is 32.1 Å². The zero-order valence-corrected chi connectivity index (χ0v) is 18.8. The first-order chi connectivity index (χ1) is 13.6. The van der Waals surface area contributed by atoms with Crippen LogP contribution in [0.25, 0.3) is 0 Å². The summed E-state index contributed by atoms with van der Waals surface area (Å²) in [5, 5.41) is 0. The van der Waals surface area contributed by atoms with Crippen molar-refractivity contribution in [2.45, 2.75) is 91.9 Å². The van der Waals surface area contributed by atoms with E-state index in [1.165, 1.54) is 0 Å². The summed E-state index contributed by atoms with van der Waals surface area (Å²) in [4.78, 5) is 24.1. The maximum Gasteiger partial charge on any atom is 0.308 e. The van der Waals surface area contributed by atoms with E-state index < -0.39 is 0 Å². The smallest absolute Gasteiger partial charge is 0.308 e. The van der Waals surface area contributed by atoms with E-state index in [1.54, 1.807) is 0 Å². The SMILES string of the molecule is CCCC[C@@H](CC)C(=O)CCCOCCOCCOC(=O)[C@H](CC)CCCC. The van der Waals surface area contributed by atoms with Crippen LogP contribution in [0.1, 0.15) is 91.9 Å². The second-order valence-corrected chi connectivity index (χ2v) is 7.46. The summed E-state index contributed by atoms with van der Waals surface area (Å²) < 4.78 is 16.2. The van der Waals surface area contributed by atoms with Crippen LogP contribution in [0, 0.1) is 11.8 Å². The molecule has 0 bridgehead atoms. The lowest BCUT2D eigenvalue weighted by Gasteiger charge is -2.14. The van der Waals surface area contributed by atoms with Crippen molar-refractivity contribution in [1.82, 2.24) is 0 Å². The molecule has 0 aliphatic rings. The van der Waals surface area contributed by atoms with Crippen LogP contribution in [-0.2, 0) is 23.8 Å². The lowest BCUT2D eigenvalue weighted by atomic mass is 9.92. The number of hydrogen-bond donors (Lipinski definition) is 0. The van der Waals surface area contributed by atoms with Gasteiger partial charge in [0.2, 0.25) is 0 Å². The molecule has 0 unspecified atom stereocenters. The van der Waals surface area contributed by atoms with Crippen molar-refractivity contribution in [2.24, 2.45) is 11.8 Å². The van der Waals surface area contributed by atoms with Gasteiger partial charge in [0, 0.05) is 18.9 Å². The summed E-state index contributed by atoms with van der Waals surface area (Å²) in [5.74, 6) is 0.507. The molecule has 0 aromatic heterocycles. The van der Waals surface area contributed by atoms with Crippen LogP contribution in [0.4, 0.5) is 0 Å². The average Bonchev–Trinajstić information content (AvgIpc) is 2.70. The third-order valence-corrected chi connectivity index (χ3v) is 5.14. The minimum absolute atomic E-state index is 0.0141. The molecule has 0 rings (SSSR count). The molecule has 0 aromatic rings. The fourth-order valence-corrected chi connectivity index (χ4v) is 3.18. The summed E-state index contributed by atoms with van der Waals surface area (Å²) >= 11 is 0. The molecule has 28 heavy (non-hydrogen) atoms. The van der Waals surface area contributed by atoms with E-state index in [9.17, 15) is 9.59 Å². The molecule has 0 N–H and O–H groups in total. The Morgan fingerprint density at radius 2 is 1.21 bits per heavy atom. The van der Waals surface area contributed by atoms with Gasteiger partial charge in [0.15, 0.2) is 0 Å². The Morgan fingerprint density at radius 1 is 0.679 bits per heavy atom. The zero-order valence-electron chi connectivity index (χ0n) is 18.8. The van der Waals surface area contributed by atoms with Crippen molar-refractivity contribution in [3.05, 3.63) is 0 Å². The molecule has 0 spiro atoms. The van der Waals surface area contributed by atoms with Gasteiger partial charge in [0.05, 0.1) is 25.7 Å². The number of ketones is 1. The number of carbonyl (C=O) groups is 2. The third-order valence-electron chi connectivity index (χ3n) is 5.14. The first-order valence-electron chi connectivity index (χ1n) is 11.4. The maximum absolute atomic E-state index is 12.1. The highest BCUT2D eigenvalue weighted by Gasteiger charge is 2.17. The highest BCUT2D eigenvalue weighted by atomic mass is 16.6. The molecule has 2 atom stereocenters. The minimum atomic E-state index is -0.107. The van der Waals surface area contributed by atoms with Crippen LogP contribution < -0.4 is 0 Å². The van der Waals surface area contributed by atoms with Crippen LogP contribution in [0.5, 0.6) is 0 Å². The van der Waals surface area contributed by atoms with Crippen molar-refractivity contribution in [3.63, 3.8) is 0 Å². The van der Waals surface area contributed by atoms with Gasteiger partial charge in [-0.25, -0.2) is 0 Å². The number of ether oxygens (including phenoxy) is 3. The molecular weight excluding hydrogens is 356 g/mol. The van der Waals surface area contributed by atoms with Crippen LogP contribution in [-0.4, -0.2) is 44.8 Å². The molecule has 5 nitrogen and oxygen atoms in total. The maximum atomic E-state index is 12.1. The van der Waals surface area contributed by atoms with Crippen LogP contribution in [0.2, 0.25) is 0 Å². The largest absolute Gasteiger partial charge is 0.463 e. The number of hydrogen-bond acceptors (Lipinski definition) is 5. The Kier molecular flexibility index (Phi) is 18.7. The molecule has 0 amide bonds. The summed E-state index contributed by atoms with van der Waals surface area (Å²) in [6.45, 7) is 10.7. The summed E-state index contributed by atoms with van der Waals surface area (Å²) in [5.41, 5.74) is 0. The Morgan fingerprint density at radius 3 is 1.79 bits per heavy atom. The van der Waals surface area contributed by atoms with Gasteiger partial charge in [-0.15, -0.1) is 0 Å². The van der Waals surface area contributed by atoms with Crippen LogP contribution >= 0.6 is 0 Å². The fraction of sp³-hybridized carbons (Fsp3) is 0.913. The van der Waals surface area contributed by atoms with Gasteiger partial charge in [0.1, 0.15) is 12.4 Å². The summed E-state index contributed by atoms with van der Waals surface area (Å²) in [6.07, 6.45) is 9.50. The van der Waals surface area contributed by atoms with E-state index in [4.69, 9.17) is 14.2 Å². The van der Waals surface area contributed by atoms with Crippen LogP contribution in [0.15, 0.2) is 0 Å². The Hall–Kier alpha value is -0.940. The Bertz CT molecular complexity index is 347. The van der Waals surface area contributed by atoms with Crippen molar-refractivity contribution in [2.75, 3.05) is 33.0 Å². The van der Waals surface area contributed by atoms with Gasteiger partial charge in [0.25, 0.3) is 0 Å². The van der Waals surface area contributed by atoms with Gasteiger partial charge in [-0.2, -0.15) is 0 Å². The predicted octanol–water partition coefficient (Wildman–Crippen LogP) is 5.34. The first-order valence-corrected chi connectivity index (χ1v) is 11.4. The van der Waals surface area contributed by atoms with Crippen molar-refractivity contribution >= 4 is 11.8 Å². The van der Waals surface area contributed by atoms with Gasteiger partial charge in [-0.3, -0.25) is 9.59 Å². The second-order valence-electron chi connectivity index (χ2n) is 7.46. The van der Waals surface area contributed by atoms with E-state index in [1.807, 2.05) is 6.92 Å². The fourth-order valence-electron chi connectivity index (χ4n) is 3.18. The highest BCUT2D eigenvalue weighted by Crippen LogP contribution is 2.16. The van der Waals surface area contributed by atoms with Gasteiger partial charge >= 0.3 is 5.97 Å². The van der Waals surface area contributed by atoms with Crippen LogP contribution in [0.3, 0.4) is 0 Å². The van der Waals surface area contributed by atoms with Crippen molar-refractivity contribution < 1.29 is 23.8 Å². The van der Waals surface area contributed by atoms with E-state index in [-0.39, 0.29) is 17.8 Å².